The number of fused-ring (bicyclic) bond motifs is 5. The molecule has 0 saturated heterocycles. The van der Waals surface area contributed by atoms with Gasteiger partial charge in [0, 0.05) is 10.8 Å². The predicted molar refractivity (Wildman–Crippen MR) is 89.6 cm³/mol. The van der Waals surface area contributed by atoms with Crippen LogP contribution in [0.4, 0.5) is 4.39 Å². The van der Waals surface area contributed by atoms with E-state index in [1.165, 1.54) is 0 Å². The highest BCUT2D eigenvalue weighted by Crippen LogP contribution is 2.64. The van der Waals surface area contributed by atoms with Gasteiger partial charge in [0.05, 0.1) is 5.70 Å². The van der Waals surface area contributed by atoms with Crippen LogP contribution < -0.4 is 5.73 Å². The van der Waals surface area contributed by atoms with Gasteiger partial charge in [-0.15, -0.1) is 0 Å². The third kappa shape index (κ3) is 1.72. The molecule has 4 rings (SSSR count). The molecule has 0 unspecified atom stereocenters. The van der Waals surface area contributed by atoms with Crippen LogP contribution in [0.15, 0.2) is 35.6 Å². The third-order valence-corrected chi connectivity index (χ3v) is 7.40. The number of rotatable bonds is 0. The van der Waals surface area contributed by atoms with Crippen LogP contribution >= 0.6 is 0 Å². The number of hydrogen-bond acceptors (Lipinski definition) is 3. The molecule has 4 heteroatoms. The van der Waals surface area contributed by atoms with E-state index >= 15 is 0 Å². The second kappa shape index (κ2) is 4.68. The average Bonchev–Trinajstić information content (AvgIpc) is 2.75. The van der Waals surface area contributed by atoms with E-state index in [1.54, 1.807) is 6.08 Å². The molecule has 4 aliphatic carbocycles. The first-order valence-electron chi connectivity index (χ1n) is 8.80. The van der Waals surface area contributed by atoms with Gasteiger partial charge in [0.1, 0.15) is 0 Å². The fraction of sp³-hybridized carbons (Fsp3) is 0.600. The van der Waals surface area contributed by atoms with E-state index in [9.17, 15) is 14.0 Å². The first kappa shape index (κ1) is 15.8. The van der Waals surface area contributed by atoms with Crippen molar-refractivity contribution >= 4 is 11.6 Å². The van der Waals surface area contributed by atoms with Crippen LogP contribution in [-0.2, 0) is 9.59 Å². The molecule has 0 aromatic carbocycles. The minimum atomic E-state index is -1.33. The molecule has 6 atom stereocenters. The van der Waals surface area contributed by atoms with E-state index in [-0.39, 0.29) is 34.7 Å². The van der Waals surface area contributed by atoms with Crippen molar-refractivity contribution in [3.8, 4) is 0 Å². The zero-order chi connectivity index (χ0) is 17.4. The van der Waals surface area contributed by atoms with Crippen LogP contribution in [-0.4, -0.2) is 17.7 Å². The Morgan fingerprint density at radius 1 is 1.29 bits per heavy atom. The summed E-state index contributed by atoms with van der Waals surface area (Å²) in [4.78, 5) is 24.4. The van der Waals surface area contributed by atoms with Crippen molar-refractivity contribution in [3.05, 3.63) is 35.6 Å². The molecule has 0 amide bonds. The molecule has 2 N–H and O–H groups in total. The Balaban J connectivity index is 1.80. The Bertz CT molecular complexity index is 736. The van der Waals surface area contributed by atoms with Gasteiger partial charge in [-0.2, -0.15) is 0 Å². The summed E-state index contributed by atoms with van der Waals surface area (Å²) in [6, 6.07) is 0. The van der Waals surface area contributed by atoms with Crippen molar-refractivity contribution in [3.63, 3.8) is 0 Å². The van der Waals surface area contributed by atoms with Crippen molar-refractivity contribution in [1.29, 1.82) is 0 Å². The summed E-state index contributed by atoms with van der Waals surface area (Å²) in [5, 5.41) is 0. The number of ketones is 2. The lowest BCUT2D eigenvalue weighted by atomic mass is 9.47. The maximum Gasteiger partial charge on any atom is 0.201 e. The highest BCUT2D eigenvalue weighted by Gasteiger charge is 2.62. The Labute approximate surface area is 141 Å². The smallest absolute Gasteiger partial charge is 0.201 e. The van der Waals surface area contributed by atoms with Crippen molar-refractivity contribution in [2.45, 2.75) is 45.7 Å². The number of hydrogen-bond donors (Lipinski definition) is 1. The van der Waals surface area contributed by atoms with E-state index in [1.807, 2.05) is 13.0 Å². The predicted octanol–water partition coefficient (Wildman–Crippen LogP) is 3.26. The molecule has 128 valence electrons. The number of nitrogens with two attached hydrogens (primary N) is 1. The number of halogens is 1. The minimum Gasteiger partial charge on any atom is -0.395 e. The topological polar surface area (TPSA) is 60.2 Å². The van der Waals surface area contributed by atoms with E-state index in [2.05, 4.69) is 13.5 Å². The van der Waals surface area contributed by atoms with Crippen LogP contribution in [0.3, 0.4) is 0 Å². The quantitative estimate of drug-likeness (QED) is 0.742. The Morgan fingerprint density at radius 3 is 2.71 bits per heavy atom. The van der Waals surface area contributed by atoms with Gasteiger partial charge in [-0.1, -0.05) is 26.5 Å². The van der Waals surface area contributed by atoms with Gasteiger partial charge in [-0.25, -0.2) is 4.39 Å². The van der Waals surface area contributed by atoms with E-state index < -0.39 is 11.6 Å². The van der Waals surface area contributed by atoms with Gasteiger partial charge in [0.15, 0.2) is 12.0 Å². The lowest BCUT2D eigenvalue weighted by Crippen LogP contribution is -2.51. The fourth-order valence-electron chi connectivity index (χ4n) is 6.17. The fourth-order valence-corrected chi connectivity index (χ4v) is 6.17. The molecule has 0 aromatic heterocycles. The van der Waals surface area contributed by atoms with Gasteiger partial charge >= 0.3 is 0 Å². The second-order valence-corrected chi connectivity index (χ2v) is 8.48. The molecular formula is C20H24FNO2. The molecule has 0 heterocycles. The number of carbonyl (C=O) groups is 2. The maximum absolute atomic E-state index is 14.2. The van der Waals surface area contributed by atoms with E-state index in [0.29, 0.717) is 18.5 Å². The molecule has 0 radical (unpaired) electrons. The molecule has 3 fully saturated rings. The highest BCUT2D eigenvalue weighted by atomic mass is 19.1. The third-order valence-electron chi connectivity index (χ3n) is 7.40. The summed E-state index contributed by atoms with van der Waals surface area (Å²) in [5.74, 6) is 0.193. The first-order valence-corrected chi connectivity index (χ1v) is 8.80. The summed E-state index contributed by atoms with van der Waals surface area (Å²) >= 11 is 0. The lowest BCUT2D eigenvalue weighted by molar-refractivity contribution is -0.134. The lowest BCUT2D eigenvalue weighted by Gasteiger charge is -2.56. The number of allylic oxidation sites excluding steroid dienone is 4. The van der Waals surface area contributed by atoms with Gasteiger partial charge < -0.3 is 5.73 Å². The molecule has 3 nitrogen and oxygen atoms in total. The van der Waals surface area contributed by atoms with E-state index in [4.69, 9.17) is 5.73 Å². The minimum absolute atomic E-state index is 0.0566. The molecule has 4 aliphatic rings. The summed E-state index contributed by atoms with van der Waals surface area (Å²) in [6.45, 7) is 8.25. The van der Waals surface area contributed by atoms with Crippen molar-refractivity contribution < 1.29 is 14.0 Å². The molecule has 0 aromatic rings. The van der Waals surface area contributed by atoms with Crippen molar-refractivity contribution in [2.75, 3.05) is 0 Å². The Hall–Kier alpha value is -1.71. The number of Topliss-reactive ketones (excluding diaryl/α,β-unsaturated/α-hetero) is 1. The zero-order valence-corrected chi connectivity index (χ0v) is 14.3. The maximum atomic E-state index is 14.2. The normalized spacial score (nSPS) is 47.5. The largest absolute Gasteiger partial charge is 0.395 e. The first-order chi connectivity index (χ1) is 11.2. The van der Waals surface area contributed by atoms with E-state index in [0.717, 1.165) is 24.0 Å². The molecule has 0 aliphatic heterocycles. The van der Waals surface area contributed by atoms with Gasteiger partial charge in [-0.3, -0.25) is 9.59 Å². The summed E-state index contributed by atoms with van der Waals surface area (Å²) in [6.07, 6.45) is 4.82. The monoisotopic (exact) mass is 329 g/mol. The Morgan fingerprint density at radius 2 is 2.00 bits per heavy atom. The van der Waals surface area contributed by atoms with Gasteiger partial charge in [0.2, 0.25) is 5.78 Å². The molecule has 0 spiro atoms. The highest BCUT2D eigenvalue weighted by molar-refractivity contribution is 6.06. The SMILES string of the molecule is C=C1C[C@@H]2[C@H](CC[C@]3(C)C(=O)[C@@H](F)C[C@@H]23)[C@@]2(C)C=CC(=O)C(N)=C12. The Kier molecular flexibility index (Phi) is 3.08. The summed E-state index contributed by atoms with van der Waals surface area (Å²) in [5.41, 5.74) is 7.30. The van der Waals surface area contributed by atoms with Crippen LogP contribution in [0.25, 0.3) is 0 Å². The molecule has 24 heavy (non-hydrogen) atoms. The molecule has 3 saturated carbocycles. The summed E-state index contributed by atoms with van der Waals surface area (Å²) < 4.78 is 14.2. The summed E-state index contributed by atoms with van der Waals surface area (Å²) in [7, 11) is 0. The second-order valence-electron chi connectivity index (χ2n) is 8.48. The number of alkyl halides is 1. The van der Waals surface area contributed by atoms with Crippen LogP contribution in [0, 0.1) is 28.6 Å². The average molecular weight is 329 g/mol. The molecule has 0 bridgehead atoms. The number of carbonyl (C=O) groups excluding carboxylic acids is 2. The molecular weight excluding hydrogens is 305 g/mol. The van der Waals surface area contributed by atoms with Crippen molar-refractivity contribution in [1.82, 2.24) is 0 Å². The zero-order valence-electron chi connectivity index (χ0n) is 14.3. The van der Waals surface area contributed by atoms with Gasteiger partial charge in [0.25, 0.3) is 0 Å². The standard InChI is InChI=1S/C20H24FNO2/c1-10-8-11-12(19(2)7-5-15(23)17(22)16(10)19)4-6-20(3)13(11)9-14(21)18(20)24/h5,7,11-14H,1,4,6,8-9,22H2,2-3H3/t11-,12+,13+,14+,19-,20+/m1/s1. The van der Waals surface area contributed by atoms with Gasteiger partial charge in [-0.05, 0) is 60.7 Å². The van der Waals surface area contributed by atoms with Crippen LogP contribution in [0.2, 0.25) is 0 Å². The van der Waals surface area contributed by atoms with Crippen molar-refractivity contribution in [2.24, 2.45) is 34.3 Å². The van der Waals surface area contributed by atoms with Crippen LogP contribution in [0.5, 0.6) is 0 Å². The van der Waals surface area contributed by atoms with Crippen LogP contribution in [0.1, 0.15) is 39.5 Å².